The van der Waals surface area contributed by atoms with Gasteiger partial charge in [-0.05, 0) is 40.3 Å². The Morgan fingerprint density at radius 2 is 2.17 bits per heavy atom. The zero-order chi connectivity index (χ0) is 9.14. The normalized spacial score (nSPS) is 12.9. The lowest BCUT2D eigenvalue weighted by Gasteiger charge is -2.10. The smallest absolute Gasteiger partial charge is 0.116 e. The molecule has 0 aliphatic carbocycles. The molecule has 0 spiro atoms. The largest absolute Gasteiger partial charge is 0.508 e. The summed E-state index contributed by atoms with van der Waals surface area (Å²) in [5.41, 5.74) is 6.47. The van der Waals surface area contributed by atoms with E-state index < -0.39 is 0 Å². The van der Waals surface area contributed by atoms with Crippen LogP contribution < -0.4 is 5.73 Å². The van der Waals surface area contributed by atoms with Gasteiger partial charge in [0.1, 0.15) is 5.75 Å². The quantitative estimate of drug-likeness (QED) is 0.707. The average molecular weight is 279 g/mol. The second-order valence-electron chi connectivity index (χ2n) is 2.49. The molecule has 0 aromatic heterocycles. The van der Waals surface area contributed by atoms with Crippen LogP contribution in [0.4, 0.5) is 0 Å². The van der Waals surface area contributed by atoms with Gasteiger partial charge in [-0.3, -0.25) is 0 Å². The number of benzene rings is 1. The Labute approximate surface area is 84.4 Å². The Morgan fingerprint density at radius 1 is 1.50 bits per heavy atom. The molecule has 1 atom stereocenters. The van der Waals surface area contributed by atoms with E-state index in [1.54, 1.807) is 18.2 Å². The fourth-order valence-electron chi connectivity index (χ4n) is 0.915. The molecule has 3 nitrogen and oxygen atoms in total. The van der Waals surface area contributed by atoms with Crippen LogP contribution in [0.1, 0.15) is 11.6 Å². The third-order valence-electron chi connectivity index (χ3n) is 1.58. The summed E-state index contributed by atoms with van der Waals surface area (Å²) in [6.45, 7) is -0.0826. The molecular weight excluding hydrogens is 269 g/mol. The van der Waals surface area contributed by atoms with Crippen molar-refractivity contribution in [1.29, 1.82) is 0 Å². The Morgan fingerprint density at radius 3 is 2.67 bits per heavy atom. The predicted molar refractivity (Wildman–Crippen MR) is 54.8 cm³/mol. The van der Waals surface area contributed by atoms with Crippen LogP contribution in [-0.2, 0) is 0 Å². The first-order valence-electron chi connectivity index (χ1n) is 3.50. The second-order valence-corrected chi connectivity index (χ2v) is 3.66. The van der Waals surface area contributed by atoms with Crippen LogP contribution >= 0.6 is 22.6 Å². The van der Waals surface area contributed by atoms with Gasteiger partial charge in [-0.1, -0.05) is 6.07 Å². The first kappa shape index (κ1) is 9.76. The van der Waals surface area contributed by atoms with E-state index >= 15 is 0 Å². The Kier molecular flexibility index (Phi) is 3.30. The molecular formula is C8H10INO2. The van der Waals surface area contributed by atoms with Gasteiger partial charge in [0.2, 0.25) is 0 Å². The molecule has 4 heteroatoms. The molecule has 1 rings (SSSR count). The van der Waals surface area contributed by atoms with Crippen molar-refractivity contribution >= 4 is 22.6 Å². The van der Waals surface area contributed by atoms with E-state index in [2.05, 4.69) is 22.6 Å². The van der Waals surface area contributed by atoms with Crippen LogP contribution in [-0.4, -0.2) is 16.8 Å². The number of hydrogen-bond acceptors (Lipinski definition) is 3. The molecule has 12 heavy (non-hydrogen) atoms. The van der Waals surface area contributed by atoms with Gasteiger partial charge in [0.05, 0.1) is 12.6 Å². The molecule has 0 radical (unpaired) electrons. The van der Waals surface area contributed by atoms with Crippen LogP contribution in [0.5, 0.6) is 5.75 Å². The van der Waals surface area contributed by atoms with E-state index in [0.717, 1.165) is 9.13 Å². The summed E-state index contributed by atoms with van der Waals surface area (Å²) < 4.78 is 0.870. The van der Waals surface area contributed by atoms with Crippen LogP contribution in [0.25, 0.3) is 0 Å². The minimum atomic E-state index is -0.363. The van der Waals surface area contributed by atoms with Crippen LogP contribution in [0.15, 0.2) is 18.2 Å². The molecule has 0 saturated heterocycles. The summed E-state index contributed by atoms with van der Waals surface area (Å²) in [5.74, 6) is 0.216. The highest BCUT2D eigenvalue weighted by Gasteiger charge is 2.08. The standard InChI is InChI=1S/C8H10INO2/c9-7-3-5(12)1-2-6(7)8(10)4-11/h1-3,8,11-12H,4,10H2. The third kappa shape index (κ3) is 2.09. The van der Waals surface area contributed by atoms with Gasteiger partial charge in [-0.15, -0.1) is 0 Å². The molecule has 0 aliphatic rings. The highest BCUT2D eigenvalue weighted by Crippen LogP contribution is 2.22. The van der Waals surface area contributed by atoms with Crippen molar-refractivity contribution in [3.05, 3.63) is 27.3 Å². The topological polar surface area (TPSA) is 66.5 Å². The first-order valence-corrected chi connectivity index (χ1v) is 4.58. The van der Waals surface area contributed by atoms with Gasteiger partial charge in [-0.25, -0.2) is 0 Å². The van der Waals surface area contributed by atoms with Crippen LogP contribution in [0, 0.1) is 3.57 Å². The van der Waals surface area contributed by atoms with Crippen molar-refractivity contribution in [1.82, 2.24) is 0 Å². The van der Waals surface area contributed by atoms with Crippen molar-refractivity contribution < 1.29 is 10.2 Å². The summed E-state index contributed by atoms with van der Waals surface area (Å²) >= 11 is 2.07. The van der Waals surface area contributed by atoms with Gasteiger partial charge in [0, 0.05) is 3.57 Å². The molecule has 4 N–H and O–H groups in total. The van der Waals surface area contributed by atoms with Crippen molar-refractivity contribution in [2.45, 2.75) is 6.04 Å². The fourth-order valence-corrected chi connectivity index (χ4v) is 1.81. The number of hydrogen-bond donors (Lipinski definition) is 3. The maximum absolute atomic E-state index is 9.08. The number of aliphatic hydroxyl groups excluding tert-OH is 1. The first-order chi connectivity index (χ1) is 5.65. The lowest BCUT2D eigenvalue weighted by molar-refractivity contribution is 0.267. The van der Waals surface area contributed by atoms with E-state index in [4.69, 9.17) is 15.9 Å². The maximum Gasteiger partial charge on any atom is 0.116 e. The molecule has 0 amide bonds. The summed E-state index contributed by atoms with van der Waals surface area (Å²) in [6, 6.07) is 4.54. The van der Waals surface area contributed by atoms with E-state index in [9.17, 15) is 0 Å². The van der Waals surface area contributed by atoms with Crippen LogP contribution in [0.2, 0.25) is 0 Å². The lowest BCUT2D eigenvalue weighted by atomic mass is 10.1. The highest BCUT2D eigenvalue weighted by atomic mass is 127. The minimum Gasteiger partial charge on any atom is -0.508 e. The summed E-state index contributed by atoms with van der Waals surface area (Å²) in [4.78, 5) is 0. The van der Waals surface area contributed by atoms with Gasteiger partial charge >= 0.3 is 0 Å². The predicted octanol–water partition coefficient (Wildman–Crippen LogP) is 0.989. The van der Waals surface area contributed by atoms with E-state index in [1.807, 2.05) is 0 Å². The molecule has 1 unspecified atom stereocenters. The highest BCUT2D eigenvalue weighted by molar-refractivity contribution is 14.1. The number of phenols is 1. The van der Waals surface area contributed by atoms with Crippen molar-refractivity contribution in [3.63, 3.8) is 0 Å². The minimum absolute atomic E-state index is 0.0826. The molecule has 0 heterocycles. The SMILES string of the molecule is NC(CO)c1ccc(O)cc1I. The molecule has 0 fully saturated rings. The summed E-state index contributed by atoms with van der Waals surface area (Å²) in [5, 5.41) is 17.9. The number of halogens is 1. The molecule has 0 bridgehead atoms. The van der Waals surface area contributed by atoms with Crippen LogP contribution in [0.3, 0.4) is 0 Å². The van der Waals surface area contributed by atoms with E-state index in [0.29, 0.717) is 0 Å². The van der Waals surface area contributed by atoms with Crippen molar-refractivity contribution in [3.8, 4) is 5.75 Å². The second kappa shape index (κ2) is 4.06. The molecule has 0 saturated carbocycles. The number of nitrogens with two attached hydrogens (primary N) is 1. The summed E-state index contributed by atoms with van der Waals surface area (Å²) in [7, 11) is 0. The zero-order valence-electron chi connectivity index (χ0n) is 6.37. The number of phenolic OH excluding ortho intramolecular Hbond substituents is 1. The monoisotopic (exact) mass is 279 g/mol. The Bertz CT molecular complexity index is 278. The van der Waals surface area contributed by atoms with E-state index in [1.165, 1.54) is 0 Å². The van der Waals surface area contributed by atoms with Crippen molar-refractivity contribution in [2.75, 3.05) is 6.61 Å². The van der Waals surface area contributed by atoms with Crippen molar-refractivity contribution in [2.24, 2.45) is 5.73 Å². The van der Waals surface area contributed by atoms with Gasteiger partial charge in [0.25, 0.3) is 0 Å². The van der Waals surface area contributed by atoms with Gasteiger partial charge in [-0.2, -0.15) is 0 Å². The van der Waals surface area contributed by atoms with Gasteiger partial charge in [0.15, 0.2) is 0 Å². The molecule has 66 valence electrons. The molecule has 0 aliphatic heterocycles. The molecule has 1 aromatic carbocycles. The zero-order valence-corrected chi connectivity index (χ0v) is 8.52. The number of aliphatic hydroxyl groups is 1. The lowest BCUT2D eigenvalue weighted by Crippen LogP contribution is -2.15. The summed E-state index contributed by atoms with van der Waals surface area (Å²) in [6.07, 6.45) is 0. The Hall–Kier alpha value is -0.330. The van der Waals surface area contributed by atoms with E-state index in [-0.39, 0.29) is 18.4 Å². The number of aromatic hydroxyl groups is 1. The fraction of sp³-hybridized carbons (Fsp3) is 0.250. The average Bonchev–Trinajstić information content (AvgIpc) is 2.03. The Balaban J connectivity index is 3.01. The third-order valence-corrected chi connectivity index (χ3v) is 2.51. The number of rotatable bonds is 2. The van der Waals surface area contributed by atoms with Gasteiger partial charge < -0.3 is 15.9 Å². The maximum atomic E-state index is 9.08. The molecule has 1 aromatic rings.